The van der Waals surface area contributed by atoms with Gasteiger partial charge in [-0.2, -0.15) is 0 Å². The number of hydrogen-bond donors (Lipinski definition) is 1. The number of rotatable bonds is 4. The molecule has 2 aromatic rings. The Morgan fingerprint density at radius 1 is 1.10 bits per heavy atom. The van der Waals surface area contributed by atoms with E-state index in [2.05, 4.69) is 4.72 Å². The third kappa shape index (κ3) is 2.94. The van der Waals surface area contributed by atoms with Crippen molar-refractivity contribution in [3.63, 3.8) is 0 Å². The lowest BCUT2D eigenvalue weighted by Crippen LogP contribution is -2.23. The first-order chi connectivity index (χ1) is 9.40. The van der Waals surface area contributed by atoms with Crippen molar-refractivity contribution in [1.29, 1.82) is 0 Å². The van der Waals surface area contributed by atoms with Gasteiger partial charge in [-0.3, -0.25) is 4.72 Å². The Balaban J connectivity index is 2.44. The Kier molecular flexibility index (Phi) is 3.71. The predicted octanol–water partition coefficient (Wildman–Crippen LogP) is 0.990. The molecular formula is C13H9FNO4S-. The van der Waals surface area contributed by atoms with Gasteiger partial charge >= 0.3 is 0 Å². The van der Waals surface area contributed by atoms with Crippen LogP contribution >= 0.6 is 0 Å². The van der Waals surface area contributed by atoms with Gasteiger partial charge in [-0.05, 0) is 29.8 Å². The van der Waals surface area contributed by atoms with Crippen molar-refractivity contribution in [1.82, 2.24) is 0 Å². The third-order valence-electron chi connectivity index (χ3n) is 2.48. The molecule has 0 radical (unpaired) electrons. The molecule has 0 saturated heterocycles. The van der Waals surface area contributed by atoms with E-state index in [1.807, 2.05) is 0 Å². The quantitative estimate of drug-likeness (QED) is 0.911. The number of carboxylic acid groups (broad SMARTS) is 1. The van der Waals surface area contributed by atoms with Gasteiger partial charge < -0.3 is 9.90 Å². The van der Waals surface area contributed by atoms with E-state index in [0.717, 1.165) is 18.2 Å². The highest BCUT2D eigenvalue weighted by Crippen LogP contribution is 2.20. The summed E-state index contributed by atoms with van der Waals surface area (Å²) in [7, 11) is -4.22. The van der Waals surface area contributed by atoms with Crippen LogP contribution in [0.3, 0.4) is 0 Å². The maximum Gasteiger partial charge on any atom is 0.264 e. The number of aromatic carboxylic acids is 1. The van der Waals surface area contributed by atoms with Crippen molar-refractivity contribution in [2.75, 3.05) is 4.72 Å². The number of carboxylic acids is 1. The van der Waals surface area contributed by atoms with Gasteiger partial charge in [0.1, 0.15) is 10.7 Å². The van der Waals surface area contributed by atoms with Gasteiger partial charge in [0.25, 0.3) is 10.0 Å². The highest BCUT2D eigenvalue weighted by molar-refractivity contribution is 7.92. The van der Waals surface area contributed by atoms with Crippen molar-refractivity contribution in [2.24, 2.45) is 0 Å². The van der Waals surface area contributed by atoms with Crippen LogP contribution in [-0.2, 0) is 10.0 Å². The van der Waals surface area contributed by atoms with Gasteiger partial charge in [-0.25, -0.2) is 12.8 Å². The largest absolute Gasteiger partial charge is 0.545 e. The summed E-state index contributed by atoms with van der Waals surface area (Å²) in [5.74, 6) is -2.63. The minimum Gasteiger partial charge on any atom is -0.545 e. The molecule has 104 valence electrons. The maximum absolute atomic E-state index is 13.6. The van der Waals surface area contributed by atoms with E-state index in [-0.39, 0.29) is 5.69 Å². The second kappa shape index (κ2) is 5.30. The Morgan fingerprint density at radius 2 is 1.75 bits per heavy atom. The molecule has 0 atom stereocenters. The van der Waals surface area contributed by atoms with Crippen molar-refractivity contribution >= 4 is 21.7 Å². The molecule has 0 aliphatic heterocycles. The SMILES string of the molecule is O=C([O-])c1ccc(F)c(S(=O)(=O)Nc2ccccc2)c1. The smallest absolute Gasteiger partial charge is 0.264 e. The normalized spacial score (nSPS) is 11.1. The zero-order chi connectivity index (χ0) is 14.8. The number of benzene rings is 2. The summed E-state index contributed by atoms with van der Waals surface area (Å²) in [4.78, 5) is 9.95. The standard InChI is InChI=1S/C13H10FNO4S/c14-11-7-6-9(13(16)17)8-12(11)20(18,19)15-10-4-2-1-3-5-10/h1-8,15H,(H,16,17)/p-1. The fourth-order valence-electron chi connectivity index (χ4n) is 1.55. The van der Waals surface area contributed by atoms with Gasteiger partial charge in [0.05, 0.1) is 5.97 Å². The predicted molar refractivity (Wildman–Crippen MR) is 68.0 cm³/mol. The summed E-state index contributed by atoms with van der Waals surface area (Å²) in [6, 6.07) is 10.3. The van der Waals surface area contributed by atoms with Crippen LogP contribution in [0.15, 0.2) is 53.4 Å². The number of para-hydroxylation sites is 1. The Labute approximate surface area is 114 Å². The lowest BCUT2D eigenvalue weighted by atomic mass is 10.2. The Morgan fingerprint density at radius 3 is 2.35 bits per heavy atom. The van der Waals surface area contributed by atoms with Gasteiger partial charge in [0.15, 0.2) is 0 Å². The number of halogens is 1. The van der Waals surface area contributed by atoms with Crippen LogP contribution < -0.4 is 9.83 Å². The van der Waals surface area contributed by atoms with Crippen molar-refractivity contribution in [2.45, 2.75) is 4.90 Å². The fraction of sp³-hybridized carbons (Fsp3) is 0. The van der Waals surface area contributed by atoms with E-state index in [9.17, 15) is 22.7 Å². The molecule has 0 unspecified atom stereocenters. The Bertz CT molecular complexity index is 744. The molecule has 7 heteroatoms. The van der Waals surface area contributed by atoms with Gasteiger partial charge in [0, 0.05) is 5.69 Å². The number of carbonyl (C=O) groups is 1. The second-order valence-electron chi connectivity index (χ2n) is 3.90. The molecule has 1 N–H and O–H groups in total. The summed E-state index contributed by atoms with van der Waals surface area (Å²) >= 11 is 0. The van der Waals surface area contributed by atoms with Crippen LogP contribution in [0.1, 0.15) is 10.4 Å². The molecule has 0 amide bonds. The fourth-order valence-corrected chi connectivity index (χ4v) is 2.72. The average molecular weight is 294 g/mol. The summed E-state index contributed by atoms with van der Waals surface area (Å²) < 4.78 is 39.8. The summed E-state index contributed by atoms with van der Waals surface area (Å²) in [5, 5.41) is 10.7. The Hall–Kier alpha value is -2.41. The van der Waals surface area contributed by atoms with Gasteiger partial charge in [-0.1, -0.05) is 24.3 Å². The molecule has 0 spiro atoms. The van der Waals surface area contributed by atoms with Crippen LogP contribution in [0.2, 0.25) is 0 Å². The molecule has 0 aliphatic rings. The minimum absolute atomic E-state index is 0.241. The van der Waals surface area contributed by atoms with E-state index >= 15 is 0 Å². The average Bonchev–Trinajstić information content (AvgIpc) is 2.39. The molecule has 0 bridgehead atoms. The van der Waals surface area contributed by atoms with Crippen molar-refractivity contribution in [3.8, 4) is 0 Å². The summed E-state index contributed by atoms with van der Waals surface area (Å²) in [5.41, 5.74) is -0.175. The number of sulfonamides is 1. The molecule has 20 heavy (non-hydrogen) atoms. The third-order valence-corrected chi connectivity index (χ3v) is 3.88. The lowest BCUT2D eigenvalue weighted by molar-refractivity contribution is -0.255. The minimum atomic E-state index is -4.22. The van der Waals surface area contributed by atoms with E-state index in [1.165, 1.54) is 12.1 Å². The zero-order valence-electron chi connectivity index (χ0n) is 10.0. The highest BCUT2D eigenvalue weighted by Gasteiger charge is 2.19. The van der Waals surface area contributed by atoms with Crippen molar-refractivity contribution in [3.05, 3.63) is 59.9 Å². The molecular weight excluding hydrogens is 285 g/mol. The number of anilines is 1. The highest BCUT2D eigenvalue weighted by atomic mass is 32.2. The van der Waals surface area contributed by atoms with Crippen LogP contribution in [0, 0.1) is 5.82 Å². The van der Waals surface area contributed by atoms with Crippen LogP contribution in [0.25, 0.3) is 0 Å². The van der Waals surface area contributed by atoms with Crippen LogP contribution in [0.5, 0.6) is 0 Å². The number of carbonyl (C=O) groups excluding carboxylic acids is 1. The van der Waals surface area contributed by atoms with E-state index in [4.69, 9.17) is 0 Å². The molecule has 0 fully saturated rings. The van der Waals surface area contributed by atoms with E-state index < -0.39 is 32.3 Å². The number of hydrogen-bond acceptors (Lipinski definition) is 4. The molecule has 0 aromatic heterocycles. The van der Waals surface area contributed by atoms with Crippen LogP contribution in [-0.4, -0.2) is 14.4 Å². The molecule has 0 saturated carbocycles. The molecule has 2 rings (SSSR count). The first-order valence-electron chi connectivity index (χ1n) is 5.49. The van der Waals surface area contributed by atoms with Gasteiger partial charge in [0.2, 0.25) is 0 Å². The summed E-state index contributed by atoms with van der Waals surface area (Å²) in [6.45, 7) is 0. The maximum atomic E-state index is 13.6. The topological polar surface area (TPSA) is 86.3 Å². The molecule has 5 nitrogen and oxygen atoms in total. The first-order valence-corrected chi connectivity index (χ1v) is 6.97. The first kappa shape index (κ1) is 14.0. The van der Waals surface area contributed by atoms with E-state index in [1.54, 1.807) is 18.2 Å². The number of nitrogens with one attached hydrogen (secondary N) is 1. The zero-order valence-corrected chi connectivity index (χ0v) is 10.9. The molecule has 0 aliphatic carbocycles. The van der Waals surface area contributed by atoms with E-state index in [0.29, 0.717) is 0 Å². The van der Waals surface area contributed by atoms with Crippen LogP contribution in [0.4, 0.5) is 10.1 Å². The monoisotopic (exact) mass is 294 g/mol. The van der Waals surface area contributed by atoms with Gasteiger partial charge in [-0.15, -0.1) is 0 Å². The molecule has 0 heterocycles. The molecule has 2 aromatic carbocycles. The lowest BCUT2D eigenvalue weighted by Gasteiger charge is -2.10. The second-order valence-corrected chi connectivity index (χ2v) is 5.56. The summed E-state index contributed by atoms with van der Waals surface area (Å²) in [6.07, 6.45) is 0. The van der Waals surface area contributed by atoms with Crippen molar-refractivity contribution < 1.29 is 22.7 Å².